The number of nitrogens with zero attached hydrogens (tertiary/aromatic N) is 1. The number of nitrogens with two attached hydrogens (primary N) is 1. The third-order valence-electron chi connectivity index (χ3n) is 3.02. The van der Waals surface area contributed by atoms with Gasteiger partial charge in [-0.25, -0.2) is 4.98 Å². The average Bonchev–Trinajstić information content (AvgIpc) is 2.50. The first-order chi connectivity index (χ1) is 5.68. The van der Waals surface area contributed by atoms with Crippen molar-refractivity contribution in [3.8, 4) is 0 Å². The average molecular weight is 182 g/mol. The second-order valence-electron chi connectivity index (χ2n) is 4.01. The molecule has 1 aromatic rings. The summed E-state index contributed by atoms with van der Waals surface area (Å²) in [5.74, 6) is 1.26. The maximum absolute atomic E-state index is 5.68. The standard InChI is InChI=1S/C9H14N2S/c1-9(2)6(5-10)7(9)8-11-3-4-12-8/h3-4,6-7H,5,10H2,1-2H3. The second-order valence-corrected chi connectivity index (χ2v) is 4.94. The van der Waals surface area contributed by atoms with E-state index in [1.54, 1.807) is 11.3 Å². The molecule has 2 atom stereocenters. The molecule has 1 aromatic heterocycles. The Bertz CT molecular complexity index is 266. The third kappa shape index (κ3) is 1.00. The Kier molecular flexibility index (Phi) is 1.73. The lowest BCUT2D eigenvalue weighted by molar-refractivity contribution is 0.558. The van der Waals surface area contributed by atoms with E-state index in [4.69, 9.17) is 5.73 Å². The van der Waals surface area contributed by atoms with E-state index in [9.17, 15) is 0 Å². The van der Waals surface area contributed by atoms with Gasteiger partial charge >= 0.3 is 0 Å². The SMILES string of the molecule is CC1(C)C(CN)C1c1nccs1. The molecule has 0 bridgehead atoms. The molecule has 1 heterocycles. The highest BCUT2D eigenvalue weighted by Crippen LogP contribution is 2.63. The van der Waals surface area contributed by atoms with E-state index < -0.39 is 0 Å². The van der Waals surface area contributed by atoms with Crippen LogP contribution in [0.25, 0.3) is 0 Å². The maximum atomic E-state index is 5.68. The molecule has 0 aliphatic heterocycles. The lowest BCUT2D eigenvalue weighted by Gasteiger charge is -1.97. The molecule has 0 saturated heterocycles. The molecule has 0 spiro atoms. The number of rotatable bonds is 2. The molecule has 1 fully saturated rings. The predicted octanol–water partition coefficient (Wildman–Crippen LogP) is 1.84. The fourth-order valence-electron chi connectivity index (χ4n) is 2.06. The van der Waals surface area contributed by atoms with Crippen molar-refractivity contribution >= 4 is 11.3 Å². The molecule has 1 aliphatic carbocycles. The van der Waals surface area contributed by atoms with Gasteiger partial charge in [0, 0.05) is 17.5 Å². The maximum Gasteiger partial charge on any atom is 0.0964 e. The second kappa shape index (κ2) is 2.54. The Hall–Kier alpha value is -0.410. The van der Waals surface area contributed by atoms with Crippen molar-refractivity contribution in [1.29, 1.82) is 0 Å². The van der Waals surface area contributed by atoms with Crippen LogP contribution in [0.4, 0.5) is 0 Å². The molecular weight excluding hydrogens is 168 g/mol. The highest BCUT2D eigenvalue weighted by Gasteiger charge is 2.58. The lowest BCUT2D eigenvalue weighted by atomic mass is 10.1. The van der Waals surface area contributed by atoms with Gasteiger partial charge in [-0.15, -0.1) is 11.3 Å². The van der Waals surface area contributed by atoms with Crippen LogP contribution < -0.4 is 5.73 Å². The first-order valence-corrected chi connectivity index (χ1v) is 5.15. The smallest absolute Gasteiger partial charge is 0.0964 e. The highest BCUT2D eigenvalue weighted by atomic mass is 32.1. The van der Waals surface area contributed by atoms with Crippen molar-refractivity contribution in [2.24, 2.45) is 17.1 Å². The van der Waals surface area contributed by atoms with Crippen molar-refractivity contribution < 1.29 is 0 Å². The molecule has 1 saturated carbocycles. The van der Waals surface area contributed by atoms with Crippen LogP contribution in [-0.2, 0) is 0 Å². The van der Waals surface area contributed by atoms with Crippen molar-refractivity contribution in [2.45, 2.75) is 19.8 Å². The normalized spacial score (nSPS) is 31.9. The zero-order chi connectivity index (χ0) is 8.77. The van der Waals surface area contributed by atoms with Crippen LogP contribution in [0.1, 0.15) is 24.8 Å². The van der Waals surface area contributed by atoms with Crippen LogP contribution in [-0.4, -0.2) is 11.5 Å². The minimum absolute atomic E-state index is 0.382. The van der Waals surface area contributed by atoms with Gasteiger partial charge < -0.3 is 5.73 Å². The van der Waals surface area contributed by atoms with Crippen molar-refractivity contribution in [1.82, 2.24) is 4.98 Å². The van der Waals surface area contributed by atoms with Crippen molar-refractivity contribution in [3.05, 3.63) is 16.6 Å². The van der Waals surface area contributed by atoms with Gasteiger partial charge in [-0.05, 0) is 17.9 Å². The Morgan fingerprint density at radius 2 is 2.42 bits per heavy atom. The third-order valence-corrected chi connectivity index (χ3v) is 3.88. The van der Waals surface area contributed by atoms with E-state index >= 15 is 0 Å². The van der Waals surface area contributed by atoms with Gasteiger partial charge in [0.25, 0.3) is 0 Å². The Balaban J connectivity index is 2.19. The fourth-order valence-corrected chi connectivity index (χ4v) is 3.06. The van der Waals surface area contributed by atoms with Gasteiger partial charge in [-0.3, -0.25) is 0 Å². The van der Waals surface area contributed by atoms with E-state index in [-0.39, 0.29) is 0 Å². The quantitative estimate of drug-likeness (QED) is 0.758. The van der Waals surface area contributed by atoms with E-state index in [0.717, 1.165) is 6.54 Å². The zero-order valence-electron chi connectivity index (χ0n) is 7.45. The number of thiazole rings is 1. The molecule has 12 heavy (non-hydrogen) atoms. The first kappa shape index (κ1) is 8.20. The van der Waals surface area contributed by atoms with E-state index in [2.05, 4.69) is 18.8 Å². The minimum atomic E-state index is 0.382. The van der Waals surface area contributed by atoms with E-state index in [1.807, 2.05) is 11.6 Å². The number of aromatic nitrogens is 1. The lowest BCUT2D eigenvalue weighted by Crippen LogP contribution is -2.05. The van der Waals surface area contributed by atoms with E-state index in [1.165, 1.54) is 5.01 Å². The highest BCUT2D eigenvalue weighted by molar-refractivity contribution is 7.09. The summed E-state index contributed by atoms with van der Waals surface area (Å²) in [4.78, 5) is 4.34. The van der Waals surface area contributed by atoms with E-state index in [0.29, 0.717) is 17.3 Å². The van der Waals surface area contributed by atoms with Crippen LogP contribution >= 0.6 is 11.3 Å². The summed E-state index contributed by atoms with van der Waals surface area (Å²) in [5, 5.41) is 3.30. The van der Waals surface area contributed by atoms with Gasteiger partial charge in [0.1, 0.15) is 0 Å². The van der Waals surface area contributed by atoms with Crippen LogP contribution in [0.5, 0.6) is 0 Å². The Morgan fingerprint density at radius 1 is 1.67 bits per heavy atom. The Labute approximate surface area is 76.8 Å². The monoisotopic (exact) mass is 182 g/mol. The van der Waals surface area contributed by atoms with Gasteiger partial charge in [-0.2, -0.15) is 0 Å². The zero-order valence-corrected chi connectivity index (χ0v) is 8.27. The van der Waals surface area contributed by atoms with Crippen LogP contribution in [0, 0.1) is 11.3 Å². The predicted molar refractivity (Wildman–Crippen MR) is 51.2 cm³/mol. The summed E-state index contributed by atoms with van der Waals surface area (Å²) in [6.07, 6.45) is 1.88. The summed E-state index contributed by atoms with van der Waals surface area (Å²) in [5.41, 5.74) is 6.06. The largest absolute Gasteiger partial charge is 0.330 e. The molecule has 0 radical (unpaired) electrons. The number of hydrogen-bond acceptors (Lipinski definition) is 3. The topological polar surface area (TPSA) is 38.9 Å². The molecule has 0 amide bonds. The molecule has 1 aliphatic rings. The van der Waals surface area contributed by atoms with Gasteiger partial charge in [-0.1, -0.05) is 13.8 Å². The summed E-state index contributed by atoms with van der Waals surface area (Å²) in [7, 11) is 0. The van der Waals surface area contributed by atoms with Crippen LogP contribution in [0.15, 0.2) is 11.6 Å². The van der Waals surface area contributed by atoms with Gasteiger partial charge in [0.05, 0.1) is 5.01 Å². The molecule has 66 valence electrons. The summed E-state index contributed by atoms with van der Waals surface area (Å²) in [6.45, 7) is 5.34. The van der Waals surface area contributed by atoms with Crippen LogP contribution in [0.3, 0.4) is 0 Å². The van der Waals surface area contributed by atoms with Crippen molar-refractivity contribution in [3.63, 3.8) is 0 Å². The molecule has 2 N–H and O–H groups in total. The summed E-state index contributed by atoms with van der Waals surface area (Å²) >= 11 is 1.75. The molecule has 2 rings (SSSR count). The Morgan fingerprint density at radius 3 is 2.83 bits per heavy atom. The summed E-state index contributed by atoms with van der Waals surface area (Å²) < 4.78 is 0. The fraction of sp³-hybridized carbons (Fsp3) is 0.667. The molecule has 3 heteroatoms. The molecular formula is C9H14N2S. The minimum Gasteiger partial charge on any atom is -0.330 e. The van der Waals surface area contributed by atoms with Crippen molar-refractivity contribution in [2.75, 3.05) is 6.54 Å². The molecule has 2 nitrogen and oxygen atoms in total. The first-order valence-electron chi connectivity index (χ1n) is 4.27. The molecule has 0 aromatic carbocycles. The van der Waals surface area contributed by atoms with Gasteiger partial charge in [0.15, 0.2) is 0 Å². The molecule has 2 unspecified atom stereocenters. The van der Waals surface area contributed by atoms with Gasteiger partial charge in [0.2, 0.25) is 0 Å². The van der Waals surface area contributed by atoms with Crippen LogP contribution in [0.2, 0.25) is 0 Å². The summed E-state index contributed by atoms with van der Waals surface area (Å²) in [6, 6.07) is 0. The number of hydrogen-bond donors (Lipinski definition) is 1.